The Morgan fingerprint density at radius 2 is 2.09 bits per heavy atom. The number of hydrogen-bond donors (Lipinski definition) is 0. The lowest BCUT2D eigenvalue weighted by Crippen LogP contribution is -1.93. The first kappa shape index (κ1) is 13.7. The Hall–Kier alpha value is -1.98. The van der Waals surface area contributed by atoms with Gasteiger partial charge >= 0.3 is 0 Å². The fraction of sp³-hybridized carbons (Fsp3) is 0.0625. The van der Waals surface area contributed by atoms with Crippen molar-refractivity contribution in [2.24, 2.45) is 0 Å². The Balaban J connectivity index is 1.74. The SMILES string of the molecule is Cl/C(=C\c1cc(Br)c2c(c1)OCO2)c1nc2ccccc2o1. The van der Waals surface area contributed by atoms with Crippen LogP contribution in [0.25, 0.3) is 22.2 Å². The Kier molecular flexibility index (Phi) is 3.32. The molecule has 0 aliphatic carbocycles. The van der Waals surface area contributed by atoms with E-state index in [0.29, 0.717) is 28.0 Å². The molecule has 110 valence electrons. The molecule has 6 heteroatoms. The maximum absolute atomic E-state index is 6.33. The molecule has 0 N–H and O–H groups in total. The van der Waals surface area contributed by atoms with E-state index < -0.39 is 0 Å². The zero-order valence-electron chi connectivity index (χ0n) is 11.2. The predicted octanol–water partition coefficient (Wildman–Crippen LogP) is 5.06. The highest BCUT2D eigenvalue weighted by Gasteiger charge is 2.18. The van der Waals surface area contributed by atoms with Crippen LogP contribution in [0.15, 0.2) is 45.3 Å². The van der Waals surface area contributed by atoms with Gasteiger partial charge in [-0.2, -0.15) is 0 Å². The third-order valence-corrected chi connectivity index (χ3v) is 4.10. The molecule has 22 heavy (non-hydrogen) atoms. The highest BCUT2D eigenvalue weighted by molar-refractivity contribution is 9.10. The lowest BCUT2D eigenvalue weighted by atomic mass is 10.2. The fourth-order valence-electron chi connectivity index (χ4n) is 2.25. The molecule has 0 spiro atoms. The molecule has 0 amide bonds. The number of nitrogens with zero attached hydrogens (tertiary/aromatic N) is 1. The third kappa shape index (κ3) is 2.36. The Labute approximate surface area is 139 Å². The van der Waals surface area contributed by atoms with Gasteiger partial charge in [-0.3, -0.25) is 0 Å². The largest absolute Gasteiger partial charge is 0.454 e. The molecule has 4 rings (SSSR count). The second-order valence-electron chi connectivity index (χ2n) is 4.72. The van der Waals surface area contributed by atoms with Crippen molar-refractivity contribution in [1.82, 2.24) is 4.98 Å². The van der Waals surface area contributed by atoms with E-state index in [9.17, 15) is 0 Å². The number of aromatic nitrogens is 1. The fourth-order valence-corrected chi connectivity index (χ4v) is 3.03. The van der Waals surface area contributed by atoms with Crippen molar-refractivity contribution in [3.8, 4) is 11.5 Å². The van der Waals surface area contributed by atoms with Crippen molar-refractivity contribution in [2.45, 2.75) is 0 Å². The molecule has 0 unspecified atom stereocenters. The van der Waals surface area contributed by atoms with Crippen molar-refractivity contribution in [3.05, 3.63) is 52.3 Å². The molecule has 0 saturated heterocycles. The summed E-state index contributed by atoms with van der Waals surface area (Å²) < 4.78 is 17.2. The van der Waals surface area contributed by atoms with Gasteiger partial charge in [-0.05, 0) is 51.8 Å². The quantitative estimate of drug-likeness (QED) is 0.625. The van der Waals surface area contributed by atoms with Gasteiger partial charge in [0.15, 0.2) is 17.1 Å². The van der Waals surface area contributed by atoms with Crippen LogP contribution < -0.4 is 9.47 Å². The highest BCUT2D eigenvalue weighted by Crippen LogP contribution is 2.41. The number of benzene rings is 2. The van der Waals surface area contributed by atoms with E-state index in [1.165, 1.54) is 0 Å². The summed E-state index contributed by atoms with van der Waals surface area (Å²) in [6.45, 7) is 0.222. The summed E-state index contributed by atoms with van der Waals surface area (Å²) in [7, 11) is 0. The van der Waals surface area contributed by atoms with Gasteiger partial charge in [0, 0.05) is 0 Å². The first-order valence-corrected chi connectivity index (χ1v) is 7.70. The van der Waals surface area contributed by atoms with Crippen LogP contribution >= 0.6 is 27.5 Å². The van der Waals surface area contributed by atoms with Crippen LogP contribution in [0.1, 0.15) is 11.5 Å². The van der Waals surface area contributed by atoms with Gasteiger partial charge in [0.25, 0.3) is 0 Å². The lowest BCUT2D eigenvalue weighted by Gasteiger charge is -2.01. The minimum atomic E-state index is 0.222. The minimum Gasteiger partial charge on any atom is -0.454 e. The number of oxazole rings is 1. The van der Waals surface area contributed by atoms with Crippen LogP contribution in [0.3, 0.4) is 0 Å². The number of rotatable bonds is 2. The van der Waals surface area contributed by atoms with E-state index in [-0.39, 0.29) is 6.79 Å². The summed E-state index contributed by atoms with van der Waals surface area (Å²) >= 11 is 9.79. The molecule has 4 nitrogen and oxygen atoms in total. The second-order valence-corrected chi connectivity index (χ2v) is 5.98. The number of ether oxygens (including phenoxy) is 2. The van der Waals surface area contributed by atoms with Crippen LogP contribution in [0.4, 0.5) is 0 Å². The van der Waals surface area contributed by atoms with Gasteiger partial charge < -0.3 is 13.9 Å². The van der Waals surface area contributed by atoms with Crippen molar-refractivity contribution in [1.29, 1.82) is 0 Å². The molecule has 0 fully saturated rings. The monoisotopic (exact) mass is 377 g/mol. The van der Waals surface area contributed by atoms with Gasteiger partial charge in [0.2, 0.25) is 12.7 Å². The number of para-hydroxylation sites is 2. The van der Waals surface area contributed by atoms with Crippen LogP contribution in [-0.4, -0.2) is 11.8 Å². The summed E-state index contributed by atoms with van der Waals surface area (Å²) in [5.74, 6) is 1.77. The van der Waals surface area contributed by atoms with E-state index in [1.807, 2.05) is 36.4 Å². The lowest BCUT2D eigenvalue weighted by molar-refractivity contribution is 0.173. The molecule has 0 saturated carbocycles. The minimum absolute atomic E-state index is 0.222. The Morgan fingerprint density at radius 1 is 1.23 bits per heavy atom. The molecule has 1 aliphatic rings. The van der Waals surface area contributed by atoms with Crippen molar-refractivity contribution >= 4 is 49.7 Å². The molecule has 0 atom stereocenters. The summed E-state index contributed by atoms with van der Waals surface area (Å²) in [6.07, 6.45) is 1.78. The van der Waals surface area contributed by atoms with Gasteiger partial charge in [-0.15, -0.1) is 0 Å². The topological polar surface area (TPSA) is 44.5 Å². The second kappa shape index (κ2) is 5.34. The van der Waals surface area contributed by atoms with E-state index in [0.717, 1.165) is 15.6 Å². The van der Waals surface area contributed by atoms with E-state index in [4.69, 9.17) is 25.5 Å². The molecule has 2 heterocycles. The first-order chi connectivity index (χ1) is 10.7. The van der Waals surface area contributed by atoms with Gasteiger partial charge in [0.05, 0.1) is 4.47 Å². The molecule has 1 aliphatic heterocycles. The molecule has 1 aromatic heterocycles. The third-order valence-electron chi connectivity index (χ3n) is 3.24. The van der Waals surface area contributed by atoms with Crippen molar-refractivity contribution < 1.29 is 13.9 Å². The Bertz CT molecular complexity index is 871. The first-order valence-electron chi connectivity index (χ1n) is 6.53. The summed E-state index contributed by atoms with van der Waals surface area (Å²) in [5.41, 5.74) is 2.34. The summed E-state index contributed by atoms with van der Waals surface area (Å²) in [5, 5.41) is 0.418. The molecule has 0 bridgehead atoms. The molecule has 3 aromatic rings. The number of hydrogen-bond acceptors (Lipinski definition) is 4. The van der Waals surface area contributed by atoms with Crippen LogP contribution in [0.2, 0.25) is 0 Å². The zero-order valence-corrected chi connectivity index (χ0v) is 13.5. The number of halogens is 2. The van der Waals surface area contributed by atoms with Crippen molar-refractivity contribution in [3.63, 3.8) is 0 Å². The average molecular weight is 379 g/mol. The van der Waals surface area contributed by atoms with Crippen LogP contribution in [0, 0.1) is 0 Å². The van der Waals surface area contributed by atoms with E-state index in [1.54, 1.807) is 6.08 Å². The van der Waals surface area contributed by atoms with Gasteiger partial charge in [-0.25, -0.2) is 4.98 Å². The van der Waals surface area contributed by atoms with Crippen molar-refractivity contribution in [2.75, 3.05) is 6.79 Å². The van der Waals surface area contributed by atoms with Gasteiger partial charge in [0.1, 0.15) is 10.5 Å². The van der Waals surface area contributed by atoms with E-state index >= 15 is 0 Å². The van der Waals surface area contributed by atoms with Crippen LogP contribution in [0.5, 0.6) is 11.5 Å². The smallest absolute Gasteiger partial charge is 0.238 e. The van der Waals surface area contributed by atoms with Crippen LogP contribution in [-0.2, 0) is 0 Å². The van der Waals surface area contributed by atoms with Gasteiger partial charge in [-0.1, -0.05) is 23.7 Å². The molecule has 2 aromatic carbocycles. The standard InChI is InChI=1S/C16H9BrClNO3/c17-10-5-9(7-14-15(10)21-8-20-14)6-11(18)16-19-12-3-1-2-4-13(12)22-16/h1-7H,8H2/b11-6-. The predicted molar refractivity (Wildman–Crippen MR) is 88.0 cm³/mol. The highest BCUT2D eigenvalue weighted by atomic mass is 79.9. The normalized spacial score (nSPS) is 13.8. The molecular formula is C16H9BrClNO3. The summed E-state index contributed by atoms with van der Waals surface area (Å²) in [6, 6.07) is 11.3. The number of fused-ring (bicyclic) bond motifs is 2. The Morgan fingerprint density at radius 3 is 2.95 bits per heavy atom. The summed E-state index contributed by atoms with van der Waals surface area (Å²) in [4.78, 5) is 4.37. The zero-order chi connectivity index (χ0) is 15.1. The maximum Gasteiger partial charge on any atom is 0.238 e. The maximum atomic E-state index is 6.33. The molecular weight excluding hydrogens is 370 g/mol. The van der Waals surface area contributed by atoms with E-state index in [2.05, 4.69) is 20.9 Å². The molecule has 0 radical (unpaired) electrons. The average Bonchev–Trinajstić information content (AvgIpc) is 3.13.